The lowest BCUT2D eigenvalue weighted by Gasteiger charge is -2.20. The second-order valence-corrected chi connectivity index (χ2v) is 9.53. The van der Waals surface area contributed by atoms with Crippen LogP contribution in [0, 0.1) is 60.1 Å². The first-order valence-electron chi connectivity index (χ1n) is 10.6. The fourth-order valence-corrected chi connectivity index (χ4v) is 4.96. The Bertz CT molecular complexity index is 1100. The maximum absolute atomic E-state index is 13.0. The van der Waals surface area contributed by atoms with E-state index in [4.69, 9.17) is 13.1 Å². The van der Waals surface area contributed by atoms with Gasteiger partial charge in [-0.05, 0) is 30.3 Å². The number of hydrogen-bond donors (Lipinski definition) is 1. The van der Waals surface area contributed by atoms with Crippen LogP contribution in [0.25, 0.3) is 9.69 Å². The van der Waals surface area contributed by atoms with Gasteiger partial charge in [-0.2, -0.15) is 0 Å². The Morgan fingerprint density at radius 2 is 1.26 bits per heavy atom. The van der Waals surface area contributed by atoms with E-state index in [9.17, 15) is 17.6 Å². The van der Waals surface area contributed by atoms with E-state index in [-0.39, 0.29) is 18.4 Å². The van der Waals surface area contributed by atoms with Crippen molar-refractivity contribution in [1.29, 1.82) is 0 Å². The lowest BCUT2D eigenvalue weighted by molar-refractivity contribution is 0.508. The van der Waals surface area contributed by atoms with E-state index in [2.05, 4.69) is 30.9 Å². The highest BCUT2D eigenvalue weighted by Crippen LogP contribution is 2.49. The van der Waals surface area contributed by atoms with Gasteiger partial charge in [-0.1, -0.05) is 15.9 Å². The zero-order valence-electron chi connectivity index (χ0n) is 17.9. The van der Waals surface area contributed by atoms with Gasteiger partial charge in [-0.15, -0.1) is 12.4 Å². The first kappa shape index (κ1) is 26.3. The van der Waals surface area contributed by atoms with Crippen molar-refractivity contribution in [2.45, 2.75) is 12.1 Å². The molecule has 4 aliphatic rings. The lowest BCUT2D eigenvalue weighted by Crippen LogP contribution is -2.24. The molecule has 2 aliphatic heterocycles. The van der Waals surface area contributed by atoms with Gasteiger partial charge in [0.05, 0.1) is 23.7 Å². The van der Waals surface area contributed by atoms with Crippen LogP contribution in [-0.4, -0.2) is 38.3 Å². The molecule has 34 heavy (non-hydrogen) atoms. The summed E-state index contributed by atoms with van der Waals surface area (Å²) in [6, 6.07) is 8.13. The fraction of sp³-hybridized carbons (Fsp3) is 0.417. The van der Waals surface area contributed by atoms with Crippen LogP contribution in [-0.2, 0) is 0 Å². The monoisotopic (exact) mass is 556 g/mol. The molecule has 2 aromatic carbocycles. The molecule has 10 heteroatoms. The highest BCUT2D eigenvalue weighted by molar-refractivity contribution is 9.10. The number of hydrogen-bond acceptors (Lipinski definition) is 2. The Morgan fingerprint density at radius 1 is 0.765 bits per heavy atom. The standard InChI is InChI=1S/C12H10F2N2.C6H3BrF2.C6H8N2.ClH/c1-15-12-8-5-16(6-9(8)12)7-2-3-10(13)11(14)4-7;7-4-1-2-5(8)6(9)3-4;1-7-6-4-2-8-3-5(4)6;/h2-4,8-9,12H,5-6H2;1-3H;4-6,8H,2-3H2;1H/t8-,9+,12?;;4-,5+,6?;. The number of nitrogens with zero attached hydrogens (tertiary/aromatic N) is 3. The number of rotatable bonds is 1. The first-order valence-corrected chi connectivity index (χ1v) is 11.4. The average Bonchev–Trinajstić information content (AvgIpc) is 3.48. The lowest BCUT2D eigenvalue weighted by atomic mass is 10.2. The number of halogens is 6. The smallest absolute Gasteiger partial charge is 0.233 e. The van der Waals surface area contributed by atoms with Crippen LogP contribution in [0.3, 0.4) is 0 Å². The Labute approximate surface area is 210 Å². The molecule has 2 unspecified atom stereocenters. The molecule has 0 radical (unpaired) electrons. The molecule has 4 nitrogen and oxygen atoms in total. The normalized spacial score (nSPS) is 29.0. The summed E-state index contributed by atoms with van der Waals surface area (Å²) in [5.74, 6) is -0.939. The van der Waals surface area contributed by atoms with Gasteiger partial charge in [0, 0.05) is 42.4 Å². The summed E-state index contributed by atoms with van der Waals surface area (Å²) >= 11 is 2.99. The molecule has 2 saturated carbocycles. The molecule has 2 saturated heterocycles. The van der Waals surface area contributed by atoms with Gasteiger partial charge in [0.1, 0.15) is 0 Å². The molecule has 0 aromatic heterocycles. The Kier molecular flexibility index (Phi) is 8.46. The van der Waals surface area contributed by atoms with E-state index in [1.54, 1.807) is 6.07 Å². The van der Waals surface area contributed by atoms with Crippen molar-refractivity contribution in [1.82, 2.24) is 5.32 Å². The van der Waals surface area contributed by atoms with E-state index >= 15 is 0 Å². The summed E-state index contributed by atoms with van der Waals surface area (Å²) in [4.78, 5) is 9.06. The maximum Gasteiger partial charge on any atom is 0.233 e. The van der Waals surface area contributed by atoms with Crippen molar-refractivity contribution in [3.8, 4) is 0 Å². The molecule has 1 N–H and O–H groups in total. The van der Waals surface area contributed by atoms with E-state index in [1.165, 1.54) is 12.1 Å². The van der Waals surface area contributed by atoms with Crippen LogP contribution in [0.15, 0.2) is 40.9 Å². The topological polar surface area (TPSA) is 24.0 Å². The quantitative estimate of drug-likeness (QED) is 0.281. The van der Waals surface area contributed by atoms with Crippen molar-refractivity contribution in [3.63, 3.8) is 0 Å². The highest BCUT2D eigenvalue weighted by atomic mass is 79.9. The minimum Gasteiger partial charge on any atom is -0.370 e. The largest absolute Gasteiger partial charge is 0.370 e. The van der Waals surface area contributed by atoms with Crippen LogP contribution >= 0.6 is 28.3 Å². The molecule has 4 fully saturated rings. The molecule has 6 atom stereocenters. The summed E-state index contributed by atoms with van der Waals surface area (Å²) in [6.45, 7) is 17.4. The van der Waals surface area contributed by atoms with Gasteiger partial charge in [0.25, 0.3) is 0 Å². The van der Waals surface area contributed by atoms with Crippen LogP contribution < -0.4 is 10.2 Å². The van der Waals surface area contributed by atoms with E-state index in [0.29, 0.717) is 22.4 Å². The number of fused-ring (bicyclic) bond motifs is 2. The van der Waals surface area contributed by atoms with Gasteiger partial charge >= 0.3 is 0 Å². The predicted octanol–water partition coefficient (Wildman–Crippen LogP) is 5.59. The molecular weight excluding hydrogens is 536 g/mol. The van der Waals surface area contributed by atoms with Gasteiger partial charge in [0.2, 0.25) is 12.1 Å². The summed E-state index contributed by atoms with van der Waals surface area (Å²) < 4.78 is 50.6. The Hall–Kier alpha value is -2.33. The van der Waals surface area contributed by atoms with Crippen LogP contribution in [0.5, 0.6) is 0 Å². The van der Waals surface area contributed by atoms with Crippen molar-refractivity contribution < 1.29 is 17.6 Å². The highest BCUT2D eigenvalue weighted by Gasteiger charge is 2.62. The fourth-order valence-electron chi connectivity index (χ4n) is 4.63. The third-order valence-electron chi connectivity index (χ3n) is 6.64. The van der Waals surface area contributed by atoms with Gasteiger partial charge in [0.15, 0.2) is 23.3 Å². The molecule has 0 spiro atoms. The second-order valence-electron chi connectivity index (χ2n) is 8.61. The van der Waals surface area contributed by atoms with Crippen molar-refractivity contribution >= 4 is 34.0 Å². The minimum absolute atomic E-state index is 0. The van der Waals surface area contributed by atoms with Crippen molar-refractivity contribution in [2.24, 2.45) is 23.7 Å². The molecule has 0 amide bonds. The van der Waals surface area contributed by atoms with Crippen LogP contribution in [0.4, 0.5) is 23.2 Å². The molecule has 2 aliphatic carbocycles. The molecule has 0 bridgehead atoms. The van der Waals surface area contributed by atoms with E-state index in [0.717, 1.165) is 61.9 Å². The number of benzene rings is 2. The second kappa shape index (κ2) is 10.9. The zero-order valence-corrected chi connectivity index (χ0v) is 20.3. The number of nitrogens with one attached hydrogen (secondary N) is 1. The molecular formula is C24H22BrClF4N4. The zero-order chi connectivity index (χ0) is 23.7. The number of piperidine rings is 2. The van der Waals surface area contributed by atoms with E-state index < -0.39 is 23.3 Å². The SMILES string of the molecule is Cl.Fc1ccc(Br)cc1F.[C-]#[N+]C1[C@H]2CN(c3ccc(F)c(F)c3)C[C@@H]12.[C-]#[N+]C1[C@H]2CNC[C@@H]12. The third-order valence-corrected chi connectivity index (χ3v) is 7.14. The Balaban J connectivity index is 0.000000154. The average molecular weight is 558 g/mol. The van der Waals surface area contributed by atoms with Gasteiger partial charge < -0.3 is 19.9 Å². The van der Waals surface area contributed by atoms with Crippen molar-refractivity contribution in [2.75, 3.05) is 31.1 Å². The van der Waals surface area contributed by atoms with Gasteiger partial charge in [-0.3, -0.25) is 0 Å². The third kappa shape index (κ3) is 5.66. The Morgan fingerprint density at radius 3 is 1.71 bits per heavy atom. The molecule has 6 rings (SSSR count). The van der Waals surface area contributed by atoms with Crippen LogP contribution in [0.2, 0.25) is 0 Å². The maximum atomic E-state index is 13.0. The molecule has 2 heterocycles. The predicted molar refractivity (Wildman–Crippen MR) is 127 cm³/mol. The van der Waals surface area contributed by atoms with Gasteiger partial charge in [-0.25, -0.2) is 30.7 Å². The summed E-state index contributed by atoms with van der Waals surface area (Å²) in [5.41, 5.74) is 0.717. The summed E-state index contributed by atoms with van der Waals surface area (Å²) in [7, 11) is 0. The van der Waals surface area contributed by atoms with Crippen LogP contribution in [0.1, 0.15) is 0 Å². The summed E-state index contributed by atoms with van der Waals surface area (Å²) in [5, 5.41) is 3.24. The molecule has 180 valence electrons. The number of anilines is 1. The summed E-state index contributed by atoms with van der Waals surface area (Å²) in [6.07, 6.45) is 0. The first-order chi connectivity index (χ1) is 15.8. The van der Waals surface area contributed by atoms with E-state index in [1.807, 2.05) is 4.90 Å². The minimum atomic E-state index is -0.829. The van der Waals surface area contributed by atoms with Crippen molar-refractivity contribution in [3.05, 3.63) is 87.0 Å². The molecule has 2 aromatic rings.